The maximum absolute atomic E-state index is 15.0. The lowest BCUT2D eigenvalue weighted by atomic mass is 9.89. The number of guanidine groups is 1. The van der Waals surface area contributed by atoms with Crippen molar-refractivity contribution in [1.82, 2.24) is 20.3 Å². The van der Waals surface area contributed by atoms with Gasteiger partial charge in [-0.1, -0.05) is 0 Å². The van der Waals surface area contributed by atoms with Crippen LogP contribution < -0.4 is 31.6 Å². The number of Topliss-reactive ketones (excluding diaryl/α,β-unsaturated/α-hetero) is 3. The molecule has 1 aromatic rings. The molecule has 9 atom stereocenters. The van der Waals surface area contributed by atoms with Crippen molar-refractivity contribution in [2.24, 2.45) is 34.2 Å². The third-order valence-corrected chi connectivity index (χ3v) is 16.5. The highest BCUT2D eigenvalue weighted by Crippen LogP contribution is 2.44. The van der Waals surface area contributed by atoms with Gasteiger partial charge in [-0.15, -0.1) is 11.8 Å². The molecule has 452 valence electrons. The predicted molar refractivity (Wildman–Crippen MR) is 305 cm³/mol. The van der Waals surface area contributed by atoms with E-state index in [0.29, 0.717) is 23.3 Å². The molecule has 1 saturated heterocycles. The maximum Gasteiger partial charge on any atom is 0.307 e. The average molecular weight is 1170 g/mol. The summed E-state index contributed by atoms with van der Waals surface area (Å²) in [6.45, 7) is 29.3. The summed E-state index contributed by atoms with van der Waals surface area (Å²) in [5.74, 6) is -11.6. The lowest BCUT2D eigenvalue weighted by Gasteiger charge is -2.35. The number of carbonyl (C=O) groups is 8. The molecule has 0 aliphatic carbocycles. The molecule has 0 saturated carbocycles. The number of thioether (sulfide) groups is 1. The number of carboxylic acid groups (broad SMARTS) is 1. The van der Waals surface area contributed by atoms with Crippen LogP contribution in [0.1, 0.15) is 158 Å². The molecule has 8 N–H and O–H groups in total. The van der Waals surface area contributed by atoms with Gasteiger partial charge in [0, 0.05) is 62.6 Å². The number of nitrogens with zero attached hydrogens (tertiary/aromatic N) is 2. The minimum atomic E-state index is -4.32. The summed E-state index contributed by atoms with van der Waals surface area (Å²) in [5.41, 5.74) is 11.1. The first-order chi connectivity index (χ1) is 36.5. The van der Waals surface area contributed by atoms with Gasteiger partial charge in [-0.2, -0.15) is 0 Å². The van der Waals surface area contributed by atoms with Crippen LogP contribution in [-0.4, -0.2) is 155 Å². The summed E-state index contributed by atoms with van der Waals surface area (Å²) in [7, 11) is -3.05. The maximum atomic E-state index is 15.0. The molecule has 3 rings (SSSR count). The number of sulfonamides is 1. The van der Waals surface area contributed by atoms with Crippen LogP contribution in [0.3, 0.4) is 0 Å². The number of nitrogens with one attached hydrogen (secondary N) is 3. The van der Waals surface area contributed by atoms with E-state index in [1.165, 1.54) is 7.05 Å². The van der Waals surface area contributed by atoms with E-state index in [0.717, 1.165) is 27.8 Å². The number of aliphatic carboxylic acids is 1. The van der Waals surface area contributed by atoms with E-state index in [4.69, 9.17) is 30.4 Å². The molecule has 0 aromatic heterocycles. The molecule has 2 heterocycles. The van der Waals surface area contributed by atoms with Gasteiger partial charge in [0.2, 0.25) is 29.6 Å². The van der Waals surface area contributed by atoms with Crippen LogP contribution in [0.2, 0.25) is 0 Å². The highest BCUT2D eigenvalue weighted by Gasteiger charge is 2.43. The Labute approximate surface area is 477 Å². The minimum absolute atomic E-state index is 0.0143. The van der Waals surface area contributed by atoms with Gasteiger partial charge < -0.3 is 51.1 Å². The van der Waals surface area contributed by atoms with Crippen LogP contribution in [0, 0.1) is 38.5 Å². The van der Waals surface area contributed by atoms with E-state index in [-0.39, 0.29) is 35.8 Å². The summed E-state index contributed by atoms with van der Waals surface area (Å²) in [4.78, 5) is 118. The van der Waals surface area contributed by atoms with Crippen molar-refractivity contribution in [2.45, 2.75) is 226 Å². The monoisotopic (exact) mass is 1170 g/mol. The molecule has 80 heavy (non-hydrogen) atoms. The molecule has 4 amide bonds. The number of nitrogens with two attached hydrogens (primary N) is 2. The highest BCUT2D eigenvalue weighted by atomic mass is 32.2. The number of rotatable bonds is 17. The Hall–Kier alpha value is -5.17. The summed E-state index contributed by atoms with van der Waals surface area (Å²) in [5, 5.41) is 16.1. The van der Waals surface area contributed by atoms with E-state index in [1.807, 2.05) is 20.8 Å². The lowest BCUT2D eigenvalue weighted by Crippen LogP contribution is -2.55. The first-order valence-corrected chi connectivity index (χ1v) is 29.8. The zero-order valence-corrected chi connectivity index (χ0v) is 51.9. The van der Waals surface area contributed by atoms with Gasteiger partial charge in [-0.05, 0) is 142 Å². The fourth-order valence-electron chi connectivity index (χ4n) is 10.1. The number of benzene rings is 1. The van der Waals surface area contributed by atoms with E-state index in [1.54, 1.807) is 96.9 Å². The summed E-state index contributed by atoms with van der Waals surface area (Å²) in [6, 6.07) is -4.27. The zero-order valence-electron chi connectivity index (χ0n) is 50.3. The lowest BCUT2D eigenvalue weighted by molar-refractivity contribution is -0.150. The normalized spacial score (nSPS) is 23.9. The third-order valence-electron chi connectivity index (χ3n) is 13.8. The Bertz CT molecular complexity index is 2620. The van der Waals surface area contributed by atoms with Crippen LogP contribution in [0.4, 0.5) is 0 Å². The van der Waals surface area contributed by atoms with Crippen molar-refractivity contribution >= 4 is 74.7 Å². The minimum Gasteiger partial charge on any atom is -0.487 e. The molecular weight excluding hydrogens is 1070 g/mol. The number of likely N-dealkylation sites (N-methyl/N-ethyl adjacent to an activating group) is 1. The standard InChI is InChI=1S/C56H91N7O15S2/c1-29-30(2)48(31(3)47-38(29)26-56(16,17)78-47)80(73,74)62-52(58)59-21-19-20-39-41(64)22-35(51(71)72)23-45(68)63(18)40(27-79-28-44(57)67)42(65)24-36(32(4)75-53(7,8)9)50(70)61-46(34(6)77-55(13,14)15)43(66)25-37(49(69)60-39)33(5)76-54(10,11)12/h32-37,39-40,46H,19-28H2,1-18H3,(H2,57,67)(H,60,69)(H,61,70)(H,71,72)(H3,58,59,62)/t32-,33-,34-,35+,36+,37+,39+,40+,46+/m1/s1. The molecule has 2 aliphatic rings. The number of ketones is 3. The molecule has 0 spiro atoms. The van der Waals surface area contributed by atoms with E-state index >= 15 is 0 Å². The number of aliphatic imine (C=N–C) groups is 1. The van der Waals surface area contributed by atoms with E-state index in [2.05, 4.69) is 20.3 Å². The second kappa shape index (κ2) is 27.7. The highest BCUT2D eigenvalue weighted by molar-refractivity contribution is 8.00. The Morgan fingerprint density at radius 3 is 1.81 bits per heavy atom. The largest absolute Gasteiger partial charge is 0.487 e. The average Bonchev–Trinajstić information content (AvgIpc) is 3.62. The summed E-state index contributed by atoms with van der Waals surface area (Å²) >= 11 is 0.939. The first kappa shape index (κ1) is 69.1. The molecule has 0 bridgehead atoms. The fourth-order valence-corrected chi connectivity index (χ4v) is 12.5. The number of carboxylic acids is 1. The van der Waals surface area contributed by atoms with Gasteiger partial charge in [-0.3, -0.25) is 43.3 Å². The van der Waals surface area contributed by atoms with Crippen LogP contribution in [0.5, 0.6) is 5.75 Å². The molecular formula is C56H91N7O15S2. The van der Waals surface area contributed by atoms with Crippen molar-refractivity contribution in [1.29, 1.82) is 0 Å². The predicted octanol–water partition coefficient (Wildman–Crippen LogP) is 4.54. The SMILES string of the molecule is Cc1c(C)c(S(=O)(=O)NC(N)=NCCC[C@@H]2NC(=O)[C@H]([C@@H](C)OC(C)(C)C)CC(=O)[C@H]([C@@H](C)OC(C)(C)C)NC(=O)[C@H]([C@@H](C)OC(C)(C)C)CC(=O)[C@H](CSCC(N)=O)N(C)C(=O)C[C@@H](C(=O)O)CC2=O)c(C)c2c1CC(C)(C)O2. The fraction of sp³-hybridized carbons (Fsp3) is 0.732. The molecule has 1 aromatic carbocycles. The van der Waals surface area contributed by atoms with Gasteiger partial charge in [0.1, 0.15) is 17.4 Å². The second-order valence-corrected chi connectivity index (χ2v) is 27.5. The van der Waals surface area contributed by atoms with Crippen molar-refractivity contribution in [2.75, 3.05) is 25.1 Å². The number of carbonyl (C=O) groups excluding carboxylic acids is 7. The van der Waals surface area contributed by atoms with Crippen molar-refractivity contribution in [3.05, 3.63) is 22.3 Å². The van der Waals surface area contributed by atoms with Gasteiger partial charge in [0.15, 0.2) is 17.3 Å². The van der Waals surface area contributed by atoms with Crippen LogP contribution in [0.15, 0.2) is 9.89 Å². The third kappa shape index (κ3) is 20.4. The number of amides is 4. The van der Waals surface area contributed by atoms with Crippen LogP contribution in [-0.2, 0) is 69.0 Å². The Morgan fingerprint density at radius 2 is 1.30 bits per heavy atom. The zero-order chi connectivity index (χ0) is 61.4. The Morgan fingerprint density at radius 1 is 0.787 bits per heavy atom. The summed E-state index contributed by atoms with van der Waals surface area (Å²) < 4.78 is 55.1. The molecule has 2 aliphatic heterocycles. The van der Waals surface area contributed by atoms with Crippen molar-refractivity contribution < 1.29 is 70.8 Å². The van der Waals surface area contributed by atoms with Gasteiger partial charge in [0.05, 0.1) is 75.6 Å². The van der Waals surface area contributed by atoms with Crippen LogP contribution >= 0.6 is 11.8 Å². The molecule has 0 unspecified atom stereocenters. The molecule has 22 nitrogen and oxygen atoms in total. The van der Waals surface area contributed by atoms with Crippen molar-refractivity contribution in [3.8, 4) is 5.75 Å². The molecule has 1 fully saturated rings. The Balaban J connectivity index is 2.20. The number of fused-ring (bicyclic) bond motifs is 1. The number of hydrogen-bond donors (Lipinski definition) is 6. The molecule has 0 radical (unpaired) electrons. The van der Waals surface area contributed by atoms with Gasteiger partial charge in [0.25, 0.3) is 10.0 Å². The van der Waals surface area contributed by atoms with E-state index < -0.39 is 165 Å². The van der Waals surface area contributed by atoms with Crippen LogP contribution in [0.25, 0.3) is 0 Å². The topological polar surface area (TPSA) is 332 Å². The van der Waals surface area contributed by atoms with E-state index in [9.17, 15) is 51.9 Å². The number of primary amides is 1. The van der Waals surface area contributed by atoms with Gasteiger partial charge in [-0.25, -0.2) is 13.1 Å². The quantitative estimate of drug-likeness (QED) is 0.0708. The summed E-state index contributed by atoms with van der Waals surface area (Å²) in [6.07, 6.45) is -5.39. The number of ether oxygens (including phenoxy) is 4. The second-order valence-electron chi connectivity index (χ2n) is 24.9. The van der Waals surface area contributed by atoms with Crippen molar-refractivity contribution in [3.63, 3.8) is 0 Å². The first-order valence-electron chi connectivity index (χ1n) is 27.2. The smallest absolute Gasteiger partial charge is 0.307 e. The van der Waals surface area contributed by atoms with Gasteiger partial charge >= 0.3 is 5.97 Å². The number of hydrogen-bond acceptors (Lipinski definition) is 16. The Kier molecular flexibility index (Phi) is 24.0. The molecule has 24 heteroatoms.